The van der Waals surface area contributed by atoms with Crippen molar-refractivity contribution < 1.29 is 19.2 Å². The molecule has 0 aliphatic carbocycles. The average molecular weight is 268 g/mol. The van der Waals surface area contributed by atoms with Crippen molar-refractivity contribution in [3.8, 4) is 0 Å². The molecule has 1 atom stereocenters. The van der Waals surface area contributed by atoms with E-state index in [2.05, 4.69) is 0 Å². The second-order valence-corrected chi connectivity index (χ2v) is 3.91. The molecule has 104 valence electrons. The number of hydrogen-bond donors (Lipinski definition) is 1. The van der Waals surface area contributed by atoms with Crippen molar-refractivity contribution >= 4 is 17.3 Å². The van der Waals surface area contributed by atoms with Crippen LogP contribution in [-0.4, -0.2) is 30.2 Å². The molecule has 0 saturated carbocycles. The van der Waals surface area contributed by atoms with Gasteiger partial charge >= 0.3 is 5.97 Å². The third-order valence-electron chi connectivity index (χ3n) is 2.33. The quantitative estimate of drug-likeness (QED) is 0.365. The predicted octanol–water partition coefficient (Wildman–Crippen LogP) is 1.76. The molecule has 0 amide bonds. The Bertz CT molecular complexity index is 475. The van der Waals surface area contributed by atoms with Crippen molar-refractivity contribution in [2.45, 2.75) is 20.0 Å². The fourth-order valence-electron chi connectivity index (χ4n) is 1.40. The van der Waals surface area contributed by atoms with Crippen LogP contribution in [0.25, 0.3) is 0 Å². The minimum absolute atomic E-state index is 0.00362. The van der Waals surface area contributed by atoms with Gasteiger partial charge in [-0.2, -0.15) is 0 Å². The largest absolute Gasteiger partial charge is 0.457 e. The molecular weight excluding hydrogens is 252 g/mol. The molecule has 0 saturated heterocycles. The number of carbonyl (C=O) groups is 1. The van der Waals surface area contributed by atoms with Crippen molar-refractivity contribution in [1.29, 1.82) is 0 Å². The van der Waals surface area contributed by atoms with Crippen LogP contribution in [0, 0.1) is 10.1 Å². The van der Waals surface area contributed by atoms with Crippen molar-refractivity contribution in [3.63, 3.8) is 0 Å². The molecule has 0 heterocycles. The van der Waals surface area contributed by atoms with Crippen LogP contribution in [0.2, 0.25) is 0 Å². The summed E-state index contributed by atoms with van der Waals surface area (Å²) < 4.78 is 10.2. The first-order valence-corrected chi connectivity index (χ1v) is 5.78. The Balaban J connectivity index is 2.77. The molecule has 1 aromatic rings. The smallest absolute Gasteiger partial charge is 0.338 e. The molecule has 1 aromatic carbocycles. The van der Waals surface area contributed by atoms with Crippen LogP contribution in [0.4, 0.5) is 11.4 Å². The summed E-state index contributed by atoms with van der Waals surface area (Å²) in [7, 11) is 0. The van der Waals surface area contributed by atoms with Crippen molar-refractivity contribution in [3.05, 3.63) is 33.9 Å². The fourth-order valence-corrected chi connectivity index (χ4v) is 1.40. The highest BCUT2D eigenvalue weighted by Gasteiger charge is 2.18. The van der Waals surface area contributed by atoms with Crippen molar-refractivity contribution in [2.75, 3.05) is 18.9 Å². The number of hydrogen-bond acceptors (Lipinski definition) is 6. The van der Waals surface area contributed by atoms with E-state index < -0.39 is 17.0 Å². The lowest BCUT2D eigenvalue weighted by Gasteiger charge is -2.13. The van der Waals surface area contributed by atoms with Gasteiger partial charge in [0.2, 0.25) is 0 Å². The highest BCUT2D eigenvalue weighted by molar-refractivity contribution is 5.91. The highest BCUT2D eigenvalue weighted by Crippen LogP contribution is 2.22. The number of rotatable bonds is 6. The molecule has 0 radical (unpaired) electrons. The second-order valence-electron chi connectivity index (χ2n) is 3.91. The summed E-state index contributed by atoms with van der Waals surface area (Å²) >= 11 is 0. The lowest BCUT2D eigenvalue weighted by molar-refractivity contribution is -0.383. The van der Waals surface area contributed by atoms with E-state index >= 15 is 0 Å². The van der Waals surface area contributed by atoms with E-state index in [1.54, 1.807) is 6.92 Å². The first-order chi connectivity index (χ1) is 8.95. The Morgan fingerprint density at radius 3 is 2.79 bits per heavy atom. The van der Waals surface area contributed by atoms with Crippen molar-refractivity contribution in [2.24, 2.45) is 0 Å². The maximum absolute atomic E-state index is 11.8. The van der Waals surface area contributed by atoms with Gasteiger partial charge in [-0.3, -0.25) is 10.1 Å². The van der Waals surface area contributed by atoms with Crippen LogP contribution in [-0.2, 0) is 9.47 Å². The van der Waals surface area contributed by atoms with Gasteiger partial charge in [0.05, 0.1) is 17.1 Å². The zero-order chi connectivity index (χ0) is 14.4. The van der Waals surface area contributed by atoms with Crippen LogP contribution in [0.3, 0.4) is 0 Å². The number of nitro groups is 1. The number of ether oxygens (including phenoxy) is 2. The molecule has 7 nitrogen and oxygen atoms in total. The van der Waals surface area contributed by atoms with Gasteiger partial charge in [0.15, 0.2) is 0 Å². The van der Waals surface area contributed by atoms with E-state index in [1.807, 2.05) is 6.92 Å². The Hall–Kier alpha value is -2.15. The van der Waals surface area contributed by atoms with Gasteiger partial charge in [-0.15, -0.1) is 0 Å². The summed E-state index contributed by atoms with van der Waals surface area (Å²) in [5.74, 6) is -0.643. The minimum Gasteiger partial charge on any atom is -0.457 e. The van der Waals surface area contributed by atoms with E-state index in [-0.39, 0.29) is 23.5 Å². The number of esters is 1. The third kappa shape index (κ3) is 4.22. The molecule has 1 rings (SSSR count). The Morgan fingerprint density at radius 1 is 1.53 bits per heavy atom. The summed E-state index contributed by atoms with van der Waals surface area (Å²) in [6.07, 6.45) is -0.427. The van der Waals surface area contributed by atoms with Gasteiger partial charge in [0, 0.05) is 12.7 Å². The summed E-state index contributed by atoms with van der Waals surface area (Å²) in [4.78, 5) is 21.8. The highest BCUT2D eigenvalue weighted by atomic mass is 16.6. The molecule has 2 N–H and O–H groups in total. The fraction of sp³-hybridized carbons (Fsp3) is 0.417. The van der Waals surface area contributed by atoms with Gasteiger partial charge in [-0.25, -0.2) is 4.79 Å². The molecule has 0 spiro atoms. The molecule has 1 unspecified atom stereocenters. The Morgan fingerprint density at radius 2 is 2.21 bits per heavy atom. The minimum atomic E-state index is -0.643. The van der Waals surface area contributed by atoms with Gasteiger partial charge in [-0.05, 0) is 26.0 Å². The summed E-state index contributed by atoms with van der Waals surface area (Å²) in [5.41, 5.74) is 5.22. The Kier molecular flexibility index (Phi) is 5.25. The van der Waals surface area contributed by atoms with Crippen LogP contribution in [0.5, 0.6) is 0 Å². The van der Waals surface area contributed by atoms with E-state index in [0.29, 0.717) is 6.61 Å². The van der Waals surface area contributed by atoms with Gasteiger partial charge in [-0.1, -0.05) is 0 Å². The second kappa shape index (κ2) is 6.69. The lowest BCUT2D eigenvalue weighted by Crippen LogP contribution is -2.20. The lowest BCUT2D eigenvalue weighted by atomic mass is 10.2. The van der Waals surface area contributed by atoms with Crippen LogP contribution < -0.4 is 5.73 Å². The van der Waals surface area contributed by atoms with Crippen molar-refractivity contribution in [1.82, 2.24) is 0 Å². The normalized spacial score (nSPS) is 11.9. The van der Waals surface area contributed by atoms with Crippen LogP contribution in [0.1, 0.15) is 24.2 Å². The number of nitrogens with two attached hydrogens (primary N) is 1. The number of anilines is 1. The van der Waals surface area contributed by atoms with E-state index in [9.17, 15) is 14.9 Å². The van der Waals surface area contributed by atoms with Gasteiger partial charge < -0.3 is 15.2 Å². The van der Waals surface area contributed by atoms with E-state index in [0.717, 1.165) is 6.07 Å². The first kappa shape index (κ1) is 14.9. The maximum atomic E-state index is 11.8. The SMILES string of the molecule is CCOCC(C)OC(=O)c1ccc(N)c([N+](=O)[O-])c1. The molecule has 19 heavy (non-hydrogen) atoms. The number of nitrogen functional groups attached to an aromatic ring is 1. The molecule has 0 aromatic heterocycles. The number of carbonyl (C=O) groups excluding carboxylic acids is 1. The maximum Gasteiger partial charge on any atom is 0.338 e. The third-order valence-corrected chi connectivity index (χ3v) is 2.33. The number of benzene rings is 1. The molecule has 0 aliphatic heterocycles. The molecule has 0 aliphatic rings. The monoisotopic (exact) mass is 268 g/mol. The Labute approximate surface area is 110 Å². The van der Waals surface area contributed by atoms with E-state index in [4.69, 9.17) is 15.2 Å². The summed E-state index contributed by atoms with van der Waals surface area (Å²) in [6.45, 7) is 4.31. The van der Waals surface area contributed by atoms with Crippen LogP contribution >= 0.6 is 0 Å². The van der Waals surface area contributed by atoms with Crippen LogP contribution in [0.15, 0.2) is 18.2 Å². The molecular formula is C12H16N2O5. The summed E-state index contributed by atoms with van der Waals surface area (Å²) in [6, 6.07) is 3.80. The molecule has 0 fully saturated rings. The first-order valence-electron chi connectivity index (χ1n) is 5.78. The van der Waals surface area contributed by atoms with Gasteiger partial charge in [0.25, 0.3) is 5.69 Å². The van der Waals surface area contributed by atoms with E-state index in [1.165, 1.54) is 12.1 Å². The topological polar surface area (TPSA) is 105 Å². The van der Waals surface area contributed by atoms with Gasteiger partial charge in [0.1, 0.15) is 11.8 Å². The summed E-state index contributed by atoms with van der Waals surface area (Å²) in [5, 5.41) is 10.7. The molecule has 7 heteroatoms. The standard InChI is InChI=1S/C12H16N2O5/c1-3-18-7-8(2)19-12(15)9-4-5-10(13)11(6-9)14(16)17/h4-6,8H,3,7,13H2,1-2H3. The number of nitro benzene ring substituents is 1. The zero-order valence-electron chi connectivity index (χ0n) is 10.8. The predicted molar refractivity (Wildman–Crippen MR) is 68.9 cm³/mol. The average Bonchev–Trinajstić information content (AvgIpc) is 2.36. The number of nitrogens with zero attached hydrogens (tertiary/aromatic N) is 1. The zero-order valence-corrected chi connectivity index (χ0v) is 10.8. The molecule has 0 bridgehead atoms.